The van der Waals surface area contributed by atoms with E-state index < -0.39 is 11.9 Å². The highest BCUT2D eigenvalue weighted by Gasteiger charge is 2.15. The summed E-state index contributed by atoms with van der Waals surface area (Å²) in [4.78, 5) is 21.7. The van der Waals surface area contributed by atoms with Crippen LogP contribution in [-0.2, 0) is 16.1 Å². The molecule has 0 fully saturated rings. The van der Waals surface area contributed by atoms with Crippen molar-refractivity contribution in [3.63, 3.8) is 0 Å². The maximum Gasteiger partial charge on any atom is 0.313 e. The van der Waals surface area contributed by atoms with Crippen LogP contribution in [0.15, 0.2) is 35.5 Å². The standard InChI is InChI=1S/C13H14N4O3S/c14-10(18)6-7-17-12(9-4-2-1-3-5-9)15-16-13(17)21-8-11(19)20/h1-5H,6-8H2,(H2,14,18)(H,19,20). The van der Waals surface area contributed by atoms with Gasteiger partial charge < -0.3 is 15.4 Å². The highest BCUT2D eigenvalue weighted by molar-refractivity contribution is 7.99. The van der Waals surface area contributed by atoms with Crippen molar-refractivity contribution < 1.29 is 14.7 Å². The van der Waals surface area contributed by atoms with Crippen molar-refractivity contribution in [3.8, 4) is 11.4 Å². The maximum absolute atomic E-state index is 11.0. The Hall–Kier alpha value is -2.35. The minimum atomic E-state index is -0.939. The second kappa shape index (κ2) is 6.89. The Bertz CT molecular complexity index is 642. The number of carbonyl (C=O) groups is 2. The largest absolute Gasteiger partial charge is 0.481 e. The summed E-state index contributed by atoms with van der Waals surface area (Å²) in [7, 11) is 0. The second-order valence-electron chi connectivity index (χ2n) is 4.22. The molecule has 0 aliphatic heterocycles. The number of thioether (sulfide) groups is 1. The summed E-state index contributed by atoms with van der Waals surface area (Å²) in [6, 6.07) is 9.36. The minimum absolute atomic E-state index is 0.122. The number of nitrogens with two attached hydrogens (primary N) is 1. The van der Waals surface area contributed by atoms with E-state index in [1.807, 2.05) is 30.3 Å². The molecule has 110 valence electrons. The van der Waals surface area contributed by atoms with E-state index in [9.17, 15) is 9.59 Å². The van der Waals surface area contributed by atoms with E-state index in [-0.39, 0.29) is 12.2 Å². The first-order valence-electron chi connectivity index (χ1n) is 6.19. The molecule has 0 unspecified atom stereocenters. The number of aliphatic carboxylic acids is 1. The fourth-order valence-corrected chi connectivity index (χ4v) is 2.43. The van der Waals surface area contributed by atoms with Crippen LogP contribution in [-0.4, -0.2) is 37.5 Å². The molecule has 1 amide bonds. The third-order valence-corrected chi connectivity index (χ3v) is 3.61. The fraction of sp³-hybridized carbons (Fsp3) is 0.231. The lowest BCUT2D eigenvalue weighted by atomic mass is 10.2. The molecule has 0 radical (unpaired) electrons. The Morgan fingerprint density at radius 2 is 1.95 bits per heavy atom. The van der Waals surface area contributed by atoms with Crippen molar-refractivity contribution in [3.05, 3.63) is 30.3 Å². The highest BCUT2D eigenvalue weighted by atomic mass is 32.2. The summed E-state index contributed by atoms with van der Waals surface area (Å²) < 4.78 is 1.72. The lowest BCUT2D eigenvalue weighted by Gasteiger charge is -2.08. The van der Waals surface area contributed by atoms with Gasteiger partial charge in [0.05, 0.1) is 5.75 Å². The van der Waals surface area contributed by atoms with Crippen LogP contribution in [0.2, 0.25) is 0 Å². The number of carboxylic acids is 1. The SMILES string of the molecule is NC(=O)CCn1c(SCC(=O)O)nnc1-c1ccccc1. The first-order valence-corrected chi connectivity index (χ1v) is 7.18. The van der Waals surface area contributed by atoms with Gasteiger partial charge in [-0.3, -0.25) is 9.59 Å². The van der Waals surface area contributed by atoms with Crippen LogP contribution in [0.1, 0.15) is 6.42 Å². The van der Waals surface area contributed by atoms with Gasteiger partial charge in [0.15, 0.2) is 11.0 Å². The van der Waals surface area contributed by atoms with E-state index in [1.165, 1.54) is 0 Å². The van der Waals surface area contributed by atoms with Gasteiger partial charge in [0.1, 0.15) is 0 Å². The van der Waals surface area contributed by atoms with Crippen LogP contribution in [0.4, 0.5) is 0 Å². The summed E-state index contributed by atoms with van der Waals surface area (Å²) in [5, 5.41) is 17.3. The van der Waals surface area contributed by atoms with Gasteiger partial charge in [-0.15, -0.1) is 10.2 Å². The van der Waals surface area contributed by atoms with Crippen molar-refractivity contribution in [2.24, 2.45) is 5.73 Å². The van der Waals surface area contributed by atoms with Crippen LogP contribution in [0.5, 0.6) is 0 Å². The highest BCUT2D eigenvalue weighted by Crippen LogP contribution is 2.24. The van der Waals surface area contributed by atoms with E-state index in [0.29, 0.717) is 17.5 Å². The Balaban J connectivity index is 2.31. The Morgan fingerprint density at radius 1 is 1.24 bits per heavy atom. The Kier molecular flexibility index (Phi) is 4.94. The van der Waals surface area contributed by atoms with Crippen molar-refractivity contribution in [2.75, 3.05) is 5.75 Å². The summed E-state index contributed by atoms with van der Waals surface area (Å²) >= 11 is 1.06. The zero-order valence-electron chi connectivity index (χ0n) is 11.1. The fourth-order valence-electron chi connectivity index (χ4n) is 1.75. The molecule has 0 atom stereocenters. The predicted octanol–water partition coefficient (Wildman–Crippen LogP) is 0.997. The van der Waals surface area contributed by atoms with Crippen molar-refractivity contribution in [2.45, 2.75) is 18.1 Å². The molecule has 7 nitrogen and oxygen atoms in total. The van der Waals surface area contributed by atoms with Crippen molar-refractivity contribution >= 4 is 23.6 Å². The Morgan fingerprint density at radius 3 is 2.57 bits per heavy atom. The number of nitrogens with zero attached hydrogens (tertiary/aromatic N) is 3. The Labute approximate surface area is 125 Å². The smallest absolute Gasteiger partial charge is 0.313 e. The molecule has 0 aliphatic rings. The minimum Gasteiger partial charge on any atom is -0.481 e. The van der Waals surface area contributed by atoms with Gasteiger partial charge >= 0.3 is 5.97 Å². The van der Waals surface area contributed by atoms with Crippen molar-refractivity contribution in [1.29, 1.82) is 0 Å². The molecular formula is C13H14N4O3S. The number of rotatable bonds is 7. The quantitative estimate of drug-likeness (QED) is 0.738. The maximum atomic E-state index is 11.0. The van der Waals surface area contributed by atoms with E-state index in [1.54, 1.807) is 4.57 Å². The van der Waals surface area contributed by atoms with Gasteiger partial charge in [0, 0.05) is 18.5 Å². The van der Waals surface area contributed by atoms with Crippen molar-refractivity contribution in [1.82, 2.24) is 14.8 Å². The molecule has 1 aromatic heterocycles. The zero-order chi connectivity index (χ0) is 15.2. The number of carboxylic acid groups (broad SMARTS) is 1. The van der Waals surface area contributed by atoms with Gasteiger partial charge in [-0.2, -0.15) is 0 Å². The molecule has 0 bridgehead atoms. The molecule has 2 aromatic rings. The van der Waals surface area contributed by atoms with E-state index in [2.05, 4.69) is 10.2 Å². The predicted molar refractivity (Wildman–Crippen MR) is 77.6 cm³/mol. The molecule has 3 N–H and O–H groups in total. The number of carbonyl (C=O) groups excluding carboxylic acids is 1. The van der Waals surface area contributed by atoms with Crippen LogP contribution in [0.3, 0.4) is 0 Å². The van der Waals surface area contributed by atoms with Crippen LogP contribution >= 0.6 is 11.8 Å². The number of benzene rings is 1. The second-order valence-corrected chi connectivity index (χ2v) is 5.17. The zero-order valence-corrected chi connectivity index (χ0v) is 11.9. The van der Waals surface area contributed by atoms with Gasteiger partial charge in [-0.1, -0.05) is 42.1 Å². The lowest BCUT2D eigenvalue weighted by Crippen LogP contribution is -2.15. The first-order chi connectivity index (χ1) is 10.1. The molecule has 0 saturated carbocycles. The summed E-state index contributed by atoms with van der Waals surface area (Å²) in [6.45, 7) is 0.314. The van der Waals surface area contributed by atoms with Gasteiger partial charge in [-0.05, 0) is 0 Å². The molecular weight excluding hydrogens is 292 g/mol. The molecule has 1 heterocycles. The first kappa shape index (κ1) is 15.0. The van der Waals surface area contributed by atoms with Crippen LogP contribution in [0, 0.1) is 0 Å². The summed E-state index contributed by atoms with van der Waals surface area (Å²) in [5.41, 5.74) is 6.02. The molecule has 8 heteroatoms. The molecule has 2 rings (SSSR count). The van der Waals surface area contributed by atoms with Gasteiger partial charge in [-0.25, -0.2) is 0 Å². The lowest BCUT2D eigenvalue weighted by molar-refractivity contribution is -0.134. The van der Waals surface area contributed by atoms with E-state index >= 15 is 0 Å². The van der Waals surface area contributed by atoms with E-state index in [0.717, 1.165) is 17.3 Å². The third-order valence-electron chi connectivity index (χ3n) is 2.66. The number of hydrogen-bond donors (Lipinski definition) is 2. The topological polar surface area (TPSA) is 111 Å². The number of hydrogen-bond acceptors (Lipinski definition) is 5. The number of aromatic nitrogens is 3. The summed E-state index contributed by atoms with van der Waals surface area (Å²) in [6.07, 6.45) is 0.137. The average Bonchev–Trinajstić information content (AvgIpc) is 2.86. The van der Waals surface area contributed by atoms with E-state index in [4.69, 9.17) is 10.8 Å². The van der Waals surface area contributed by atoms with Crippen LogP contribution < -0.4 is 5.73 Å². The average molecular weight is 306 g/mol. The summed E-state index contributed by atoms with van der Waals surface area (Å²) in [5.74, 6) is -0.906. The molecule has 21 heavy (non-hydrogen) atoms. The molecule has 0 aliphatic carbocycles. The molecule has 0 spiro atoms. The number of primary amides is 1. The monoisotopic (exact) mass is 306 g/mol. The normalized spacial score (nSPS) is 10.5. The van der Waals surface area contributed by atoms with Crippen LogP contribution in [0.25, 0.3) is 11.4 Å². The molecule has 1 aromatic carbocycles. The third kappa shape index (κ3) is 4.06. The van der Waals surface area contributed by atoms with Gasteiger partial charge in [0.25, 0.3) is 0 Å². The number of amides is 1. The van der Waals surface area contributed by atoms with Gasteiger partial charge in [0.2, 0.25) is 5.91 Å². The molecule has 0 saturated heterocycles.